The smallest absolute Gasteiger partial charge is 0.0699 e. The van der Waals surface area contributed by atoms with Crippen molar-refractivity contribution in [2.45, 2.75) is 76.5 Å². The van der Waals surface area contributed by atoms with Gasteiger partial charge in [0.1, 0.15) is 0 Å². The van der Waals surface area contributed by atoms with Crippen molar-refractivity contribution in [1.29, 1.82) is 0 Å². The standard InChI is InChI=1S/C15H30N2O/c1-13(11-14-7-3-2-5-9-16-14)17-12-15-8-4-6-10-18-15/h13-17H,2-12H2,1H3. The SMILES string of the molecule is CC(CC1CCCCCN1)NCC1CCCCO1. The fourth-order valence-electron chi connectivity index (χ4n) is 3.11. The van der Waals surface area contributed by atoms with Gasteiger partial charge in [-0.15, -0.1) is 0 Å². The second kappa shape index (κ2) is 8.13. The van der Waals surface area contributed by atoms with E-state index in [0.29, 0.717) is 12.1 Å². The molecule has 2 rings (SSSR count). The summed E-state index contributed by atoms with van der Waals surface area (Å²) in [5.74, 6) is 0. The monoisotopic (exact) mass is 254 g/mol. The van der Waals surface area contributed by atoms with Crippen molar-refractivity contribution in [1.82, 2.24) is 10.6 Å². The molecule has 2 N–H and O–H groups in total. The molecule has 2 aliphatic rings. The normalized spacial score (nSPS) is 31.8. The van der Waals surface area contributed by atoms with E-state index in [9.17, 15) is 0 Å². The summed E-state index contributed by atoms with van der Waals surface area (Å²) in [6, 6.07) is 1.33. The van der Waals surface area contributed by atoms with E-state index in [4.69, 9.17) is 4.74 Å². The molecule has 3 heteroatoms. The van der Waals surface area contributed by atoms with Crippen LogP contribution in [0.5, 0.6) is 0 Å². The molecule has 2 fully saturated rings. The van der Waals surface area contributed by atoms with Crippen LogP contribution in [0.25, 0.3) is 0 Å². The molecule has 0 radical (unpaired) electrons. The molecule has 0 saturated carbocycles. The molecule has 0 spiro atoms. The Morgan fingerprint density at radius 3 is 2.89 bits per heavy atom. The summed E-state index contributed by atoms with van der Waals surface area (Å²) in [5.41, 5.74) is 0. The van der Waals surface area contributed by atoms with Crippen LogP contribution >= 0.6 is 0 Å². The predicted molar refractivity (Wildman–Crippen MR) is 75.9 cm³/mol. The summed E-state index contributed by atoms with van der Waals surface area (Å²) in [5, 5.41) is 7.33. The van der Waals surface area contributed by atoms with Crippen LogP contribution in [0.3, 0.4) is 0 Å². The molecule has 106 valence electrons. The van der Waals surface area contributed by atoms with Gasteiger partial charge in [0, 0.05) is 25.2 Å². The maximum absolute atomic E-state index is 5.76. The van der Waals surface area contributed by atoms with Crippen molar-refractivity contribution in [3.05, 3.63) is 0 Å². The van der Waals surface area contributed by atoms with Crippen LogP contribution in [0.4, 0.5) is 0 Å². The number of rotatable bonds is 5. The lowest BCUT2D eigenvalue weighted by Crippen LogP contribution is -2.40. The molecule has 0 bridgehead atoms. The van der Waals surface area contributed by atoms with Gasteiger partial charge in [-0.1, -0.05) is 12.8 Å². The molecule has 2 heterocycles. The van der Waals surface area contributed by atoms with Crippen LogP contribution in [0.1, 0.15) is 58.3 Å². The summed E-state index contributed by atoms with van der Waals surface area (Å²) in [7, 11) is 0. The molecule has 0 aromatic carbocycles. The van der Waals surface area contributed by atoms with Crippen molar-refractivity contribution >= 4 is 0 Å². The molecule has 2 aliphatic heterocycles. The van der Waals surface area contributed by atoms with Crippen LogP contribution < -0.4 is 10.6 Å². The zero-order chi connectivity index (χ0) is 12.6. The Hall–Kier alpha value is -0.120. The molecule has 18 heavy (non-hydrogen) atoms. The molecule has 0 amide bonds. The average molecular weight is 254 g/mol. The third kappa shape index (κ3) is 5.25. The van der Waals surface area contributed by atoms with Gasteiger partial charge < -0.3 is 15.4 Å². The van der Waals surface area contributed by atoms with E-state index in [1.54, 1.807) is 0 Å². The van der Waals surface area contributed by atoms with E-state index < -0.39 is 0 Å². The predicted octanol–water partition coefficient (Wildman–Crippen LogP) is 2.46. The largest absolute Gasteiger partial charge is 0.377 e. The molecular formula is C15H30N2O. The first-order valence-corrected chi connectivity index (χ1v) is 7.93. The summed E-state index contributed by atoms with van der Waals surface area (Å²) in [6.45, 7) is 5.53. The summed E-state index contributed by atoms with van der Waals surface area (Å²) >= 11 is 0. The Balaban J connectivity index is 1.59. The number of hydrogen-bond donors (Lipinski definition) is 2. The average Bonchev–Trinajstić information content (AvgIpc) is 2.66. The molecule has 0 aromatic rings. The van der Waals surface area contributed by atoms with Crippen LogP contribution in [-0.4, -0.2) is 37.9 Å². The Kier molecular flexibility index (Phi) is 6.46. The minimum atomic E-state index is 0.461. The molecule has 3 unspecified atom stereocenters. The van der Waals surface area contributed by atoms with Gasteiger partial charge in [0.15, 0.2) is 0 Å². The highest BCUT2D eigenvalue weighted by Gasteiger charge is 2.17. The second-order valence-corrected chi connectivity index (χ2v) is 6.03. The van der Waals surface area contributed by atoms with Crippen molar-refractivity contribution in [3.63, 3.8) is 0 Å². The maximum atomic E-state index is 5.76. The van der Waals surface area contributed by atoms with E-state index in [1.807, 2.05) is 0 Å². The highest BCUT2D eigenvalue weighted by atomic mass is 16.5. The lowest BCUT2D eigenvalue weighted by Gasteiger charge is -2.26. The third-order valence-electron chi connectivity index (χ3n) is 4.27. The van der Waals surface area contributed by atoms with E-state index in [2.05, 4.69) is 17.6 Å². The Morgan fingerprint density at radius 1 is 1.17 bits per heavy atom. The van der Waals surface area contributed by atoms with Crippen LogP contribution in [0.2, 0.25) is 0 Å². The highest BCUT2D eigenvalue weighted by molar-refractivity contribution is 4.77. The Labute approximate surface area is 112 Å². The van der Waals surface area contributed by atoms with Gasteiger partial charge in [-0.3, -0.25) is 0 Å². The van der Waals surface area contributed by atoms with Crippen molar-refractivity contribution in [3.8, 4) is 0 Å². The van der Waals surface area contributed by atoms with Gasteiger partial charge in [0.05, 0.1) is 6.10 Å². The maximum Gasteiger partial charge on any atom is 0.0699 e. The lowest BCUT2D eigenvalue weighted by molar-refractivity contribution is 0.0153. The van der Waals surface area contributed by atoms with Gasteiger partial charge >= 0.3 is 0 Å². The minimum absolute atomic E-state index is 0.461. The summed E-state index contributed by atoms with van der Waals surface area (Å²) < 4.78 is 5.76. The molecular weight excluding hydrogens is 224 g/mol. The van der Waals surface area contributed by atoms with Gasteiger partial charge in [-0.2, -0.15) is 0 Å². The zero-order valence-corrected chi connectivity index (χ0v) is 11.9. The Bertz CT molecular complexity index is 209. The molecule has 0 aromatic heterocycles. The minimum Gasteiger partial charge on any atom is -0.377 e. The van der Waals surface area contributed by atoms with E-state index in [-0.39, 0.29) is 0 Å². The van der Waals surface area contributed by atoms with Gasteiger partial charge in [-0.05, 0) is 52.0 Å². The number of hydrogen-bond acceptors (Lipinski definition) is 3. The topological polar surface area (TPSA) is 33.3 Å². The quantitative estimate of drug-likeness (QED) is 0.790. The van der Waals surface area contributed by atoms with E-state index >= 15 is 0 Å². The molecule has 3 nitrogen and oxygen atoms in total. The first kappa shape index (κ1) is 14.3. The van der Waals surface area contributed by atoms with Crippen LogP contribution in [0, 0.1) is 0 Å². The first-order valence-electron chi connectivity index (χ1n) is 7.93. The second-order valence-electron chi connectivity index (χ2n) is 6.03. The first-order chi connectivity index (χ1) is 8.84. The van der Waals surface area contributed by atoms with Crippen molar-refractivity contribution in [2.24, 2.45) is 0 Å². The van der Waals surface area contributed by atoms with Crippen LogP contribution in [-0.2, 0) is 4.74 Å². The van der Waals surface area contributed by atoms with E-state index in [0.717, 1.165) is 19.2 Å². The fraction of sp³-hybridized carbons (Fsp3) is 1.00. The molecule has 3 atom stereocenters. The molecule has 0 aliphatic carbocycles. The van der Waals surface area contributed by atoms with Crippen molar-refractivity contribution in [2.75, 3.05) is 19.7 Å². The number of nitrogens with one attached hydrogen (secondary N) is 2. The third-order valence-corrected chi connectivity index (χ3v) is 4.27. The zero-order valence-electron chi connectivity index (χ0n) is 11.9. The van der Waals surface area contributed by atoms with Crippen LogP contribution in [0.15, 0.2) is 0 Å². The van der Waals surface area contributed by atoms with Gasteiger partial charge in [0.2, 0.25) is 0 Å². The van der Waals surface area contributed by atoms with Gasteiger partial charge in [-0.25, -0.2) is 0 Å². The number of ether oxygens (including phenoxy) is 1. The molecule has 2 saturated heterocycles. The highest BCUT2D eigenvalue weighted by Crippen LogP contribution is 2.14. The fourth-order valence-corrected chi connectivity index (χ4v) is 3.11. The lowest BCUT2D eigenvalue weighted by atomic mass is 10.0. The van der Waals surface area contributed by atoms with Crippen molar-refractivity contribution < 1.29 is 4.74 Å². The summed E-state index contributed by atoms with van der Waals surface area (Å²) in [6.07, 6.45) is 11.1. The van der Waals surface area contributed by atoms with Gasteiger partial charge in [0.25, 0.3) is 0 Å². The Morgan fingerprint density at radius 2 is 2.06 bits per heavy atom. The van der Waals surface area contributed by atoms with E-state index in [1.165, 1.54) is 57.9 Å². The summed E-state index contributed by atoms with van der Waals surface area (Å²) in [4.78, 5) is 0.